The molecule has 8 nitrogen and oxygen atoms in total. The summed E-state index contributed by atoms with van der Waals surface area (Å²) in [7, 11) is 0. The summed E-state index contributed by atoms with van der Waals surface area (Å²) in [5.41, 5.74) is 1.10. The van der Waals surface area contributed by atoms with Gasteiger partial charge in [0.1, 0.15) is 6.54 Å². The summed E-state index contributed by atoms with van der Waals surface area (Å²) < 4.78 is 0.924. The highest BCUT2D eigenvalue weighted by Crippen LogP contribution is 2.42. The Morgan fingerprint density at radius 2 is 2.21 bits per heavy atom. The largest absolute Gasteiger partial charge is 0.352 e. The topological polar surface area (TPSA) is 104 Å². The number of hydrogen-bond acceptors (Lipinski definition) is 5. The molecule has 148 valence electrons. The van der Waals surface area contributed by atoms with E-state index in [-0.39, 0.29) is 30.3 Å². The number of carbonyl (C=O) groups excluding carboxylic acids is 2. The molecule has 4 rings (SSSR count). The summed E-state index contributed by atoms with van der Waals surface area (Å²) in [6, 6.07) is 5.81. The van der Waals surface area contributed by atoms with Crippen molar-refractivity contribution < 1.29 is 9.59 Å². The molecule has 2 amide bonds. The van der Waals surface area contributed by atoms with E-state index in [0.717, 1.165) is 41.4 Å². The first-order valence-corrected chi connectivity index (χ1v) is 10.3. The summed E-state index contributed by atoms with van der Waals surface area (Å²) in [6.45, 7) is 3.82. The molecule has 2 aliphatic rings. The molecular weight excluding hydrogens is 424 g/mol. The number of halogens is 1. The molecule has 1 aliphatic carbocycles. The van der Waals surface area contributed by atoms with Gasteiger partial charge in [-0.2, -0.15) is 5.21 Å². The first-order valence-electron chi connectivity index (χ1n) is 9.51. The summed E-state index contributed by atoms with van der Waals surface area (Å²) in [5.74, 6) is 0.709. The van der Waals surface area contributed by atoms with Crippen molar-refractivity contribution in [1.29, 1.82) is 0 Å². The van der Waals surface area contributed by atoms with Crippen LogP contribution in [0.5, 0.6) is 0 Å². The Bertz CT molecular complexity index is 898. The van der Waals surface area contributed by atoms with Crippen LogP contribution in [-0.2, 0) is 15.0 Å². The monoisotopic (exact) mass is 446 g/mol. The van der Waals surface area contributed by atoms with Gasteiger partial charge >= 0.3 is 0 Å². The smallest absolute Gasteiger partial charge is 0.240 e. The van der Waals surface area contributed by atoms with Crippen molar-refractivity contribution in [3.8, 4) is 0 Å². The zero-order valence-electron chi connectivity index (χ0n) is 15.9. The maximum Gasteiger partial charge on any atom is 0.240 e. The van der Waals surface area contributed by atoms with Crippen LogP contribution in [0.4, 0.5) is 5.69 Å². The first kappa shape index (κ1) is 19.0. The molecule has 0 bridgehead atoms. The number of carbonyl (C=O) groups is 2. The van der Waals surface area contributed by atoms with Gasteiger partial charge in [0.25, 0.3) is 0 Å². The van der Waals surface area contributed by atoms with Crippen LogP contribution in [0.2, 0.25) is 0 Å². The predicted octanol–water partition coefficient (Wildman–Crippen LogP) is 2.43. The number of rotatable bonds is 4. The van der Waals surface area contributed by atoms with E-state index in [9.17, 15) is 9.59 Å². The lowest BCUT2D eigenvalue weighted by Gasteiger charge is -2.29. The summed E-state index contributed by atoms with van der Waals surface area (Å²) in [5, 5.41) is 17.4. The second kappa shape index (κ2) is 7.27. The number of nitrogens with one attached hydrogen (secondary N) is 2. The molecule has 1 unspecified atom stereocenters. The summed E-state index contributed by atoms with van der Waals surface area (Å²) >= 11 is 3.47. The van der Waals surface area contributed by atoms with Gasteiger partial charge in [0.15, 0.2) is 5.82 Å². The molecule has 1 saturated carbocycles. The van der Waals surface area contributed by atoms with Crippen molar-refractivity contribution in [3.63, 3.8) is 0 Å². The maximum absolute atomic E-state index is 12.9. The van der Waals surface area contributed by atoms with E-state index < -0.39 is 5.41 Å². The molecule has 0 spiro atoms. The molecule has 2 atom stereocenters. The number of tetrazole rings is 1. The van der Waals surface area contributed by atoms with E-state index in [1.165, 1.54) is 0 Å². The lowest BCUT2D eigenvalue weighted by Crippen LogP contribution is -2.46. The molecule has 0 radical (unpaired) electrons. The Balaban J connectivity index is 1.44. The van der Waals surface area contributed by atoms with Gasteiger partial charge in [-0.25, -0.2) is 0 Å². The van der Waals surface area contributed by atoms with Crippen molar-refractivity contribution in [3.05, 3.63) is 34.1 Å². The van der Waals surface area contributed by atoms with Gasteiger partial charge in [-0.05, 0) is 56.9 Å². The molecule has 28 heavy (non-hydrogen) atoms. The van der Waals surface area contributed by atoms with E-state index in [1.807, 2.05) is 32.0 Å². The van der Waals surface area contributed by atoms with Crippen LogP contribution < -0.4 is 10.2 Å². The minimum Gasteiger partial charge on any atom is -0.352 e. The van der Waals surface area contributed by atoms with E-state index in [1.54, 1.807) is 4.90 Å². The molecule has 9 heteroatoms. The molecule has 1 aromatic carbocycles. The third-order valence-electron chi connectivity index (χ3n) is 5.77. The standard InChI is InChI=1S/C19H23BrN6O2/c1-19(2)14-9-12(20)6-7-15(14)26(18(19)28)10-16(27)21-13-5-3-4-11(8-13)17-22-24-25-23-17/h6-7,9,11,13H,3-5,8,10H2,1-2H3,(H,21,27)(H,22,23,24,25)/t11?,13-/m1/s1. The zero-order chi connectivity index (χ0) is 19.9. The van der Waals surface area contributed by atoms with Gasteiger partial charge < -0.3 is 10.2 Å². The third-order valence-corrected chi connectivity index (χ3v) is 6.26. The zero-order valence-corrected chi connectivity index (χ0v) is 17.5. The van der Waals surface area contributed by atoms with E-state index in [0.29, 0.717) is 5.82 Å². The SMILES string of the molecule is CC1(C)C(=O)N(CC(=O)N[C@@H]2CCCC(c3nn[nH]n3)C2)c2ccc(Br)cc21. The fourth-order valence-electron chi connectivity index (χ4n) is 4.28. The molecule has 2 aromatic rings. The fraction of sp³-hybridized carbons (Fsp3) is 0.526. The quantitative estimate of drug-likeness (QED) is 0.750. The first-order chi connectivity index (χ1) is 13.4. The van der Waals surface area contributed by atoms with Crippen molar-refractivity contribution >= 4 is 33.4 Å². The van der Waals surface area contributed by atoms with Crippen LogP contribution in [0.15, 0.2) is 22.7 Å². The van der Waals surface area contributed by atoms with Gasteiger partial charge in [-0.15, -0.1) is 10.2 Å². The lowest BCUT2D eigenvalue weighted by molar-refractivity contribution is -0.126. The number of aromatic amines is 1. The highest BCUT2D eigenvalue weighted by Gasteiger charge is 2.44. The minimum atomic E-state index is -0.645. The normalized spacial score (nSPS) is 23.5. The van der Waals surface area contributed by atoms with E-state index in [2.05, 4.69) is 41.9 Å². The second-order valence-electron chi connectivity index (χ2n) is 8.08. The van der Waals surface area contributed by atoms with E-state index >= 15 is 0 Å². The van der Waals surface area contributed by atoms with Gasteiger partial charge in [0.2, 0.25) is 11.8 Å². The Hall–Kier alpha value is -2.29. The van der Waals surface area contributed by atoms with Crippen LogP contribution in [0, 0.1) is 0 Å². The van der Waals surface area contributed by atoms with Crippen molar-refractivity contribution in [2.45, 2.75) is 56.9 Å². The summed E-state index contributed by atoms with van der Waals surface area (Å²) in [4.78, 5) is 27.3. The average molecular weight is 447 g/mol. The number of fused-ring (bicyclic) bond motifs is 1. The number of aromatic nitrogens is 4. The van der Waals surface area contributed by atoms with Gasteiger partial charge in [0, 0.05) is 22.1 Å². The van der Waals surface area contributed by atoms with Crippen molar-refractivity contribution in [2.24, 2.45) is 0 Å². The van der Waals surface area contributed by atoms with Gasteiger partial charge in [-0.1, -0.05) is 27.6 Å². The number of nitrogens with zero attached hydrogens (tertiary/aromatic N) is 4. The van der Waals surface area contributed by atoms with Crippen molar-refractivity contribution in [2.75, 3.05) is 11.4 Å². The Morgan fingerprint density at radius 1 is 1.39 bits per heavy atom. The van der Waals surface area contributed by atoms with Crippen LogP contribution in [0.25, 0.3) is 0 Å². The number of amides is 2. The van der Waals surface area contributed by atoms with Gasteiger partial charge in [0.05, 0.1) is 5.41 Å². The van der Waals surface area contributed by atoms with E-state index in [4.69, 9.17) is 0 Å². The highest BCUT2D eigenvalue weighted by molar-refractivity contribution is 9.10. The van der Waals surface area contributed by atoms with Gasteiger partial charge in [-0.3, -0.25) is 9.59 Å². The molecule has 1 fully saturated rings. The Labute approximate surface area is 171 Å². The second-order valence-corrected chi connectivity index (χ2v) is 8.99. The molecule has 2 heterocycles. The molecule has 1 aliphatic heterocycles. The average Bonchev–Trinajstić information content (AvgIpc) is 3.25. The molecule has 2 N–H and O–H groups in total. The lowest BCUT2D eigenvalue weighted by atomic mass is 9.85. The van der Waals surface area contributed by atoms with Crippen LogP contribution in [0.1, 0.15) is 56.8 Å². The van der Waals surface area contributed by atoms with Crippen LogP contribution in [-0.4, -0.2) is 45.0 Å². The Morgan fingerprint density at radius 3 is 2.96 bits per heavy atom. The number of H-pyrrole nitrogens is 1. The van der Waals surface area contributed by atoms with Crippen molar-refractivity contribution in [1.82, 2.24) is 25.9 Å². The number of benzene rings is 1. The minimum absolute atomic E-state index is 0.0280. The Kier molecular flexibility index (Phi) is 4.95. The number of anilines is 1. The summed E-state index contributed by atoms with van der Waals surface area (Å²) in [6.07, 6.45) is 3.70. The van der Waals surface area contributed by atoms with Crippen LogP contribution >= 0.6 is 15.9 Å². The maximum atomic E-state index is 12.9. The fourth-order valence-corrected chi connectivity index (χ4v) is 4.64. The van der Waals surface area contributed by atoms with Crippen LogP contribution in [0.3, 0.4) is 0 Å². The molecular formula is C19H23BrN6O2. The predicted molar refractivity (Wildman–Crippen MR) is 107 cm³/mol. The highest BCUT2D eigenvalue weighted by atomic mass is 79.9. The number of hydrogen-bond donors (Lipinski definition) is 2. The third kappa shape index (κ3) is 3.43. The molecule has 0 saturated heterocycles. The molecule has 1 aromatic heterocycles.